The third-order valence-electron chi connectivity index (χ3n) is 4.77. The lowest BCUT2D eigenvalue weighted by Gasteiger charge is -2.13. The average Bonchev–Trinajstić information content (AvgIpc) is 3.27. The highest BCUT2D eigenvalue weighted by atomic mass is 32.1. The normalized spacial score (nSPS) is 10.9. The highest BCUT2D eigenvalue weighted by molar-refractivity contribution is 7.17. The van der Waals surface area contributed by atoms with Crippen molar-refractivity contribution in [2.45, 2.75) is 13.1 Å². The minimum atomic E-state index is -0.780. The molecule has 0 atom stereocenters. The molecule has 7 nitrogen and oxygen atoms in total. The van der Waals surface area contributed by atoms with Gasteiger partial charge in [0.05, 0.1) is 18.3 Å². The summed E-state index contributed by atoms with van der Waals surface area (Å²) >= 11 is 1.13. The topological polar surface area (TPSA) is 82.3 Å². The van der Waals surface area contributed by atoms with E-state index in [1.807, 2.05) is 12.1 Å². The van der Waals surface area contributed by atoms with Crippen LogP contribution < -0.4 is 21.3 Å². The van der Waals surface area contributed by atoms with E-state index in [9.17, 15) is 18.8 Å². The van der Waals surface area contributed by atoms with Crippen molar-refractivity contribution in [2.24, 2.45) is 0 Å². The van der Waals surface area contributed by atoms with Crippen molar-refractivity contribution in [1.82, 2.24) is 14.5 Å². The van der Waals surface area contributed by atoms with E-state index < -0.39 is 23.0 Å². The lowest BCUT2D eigenvalue weighted by molar-refractivity contribution is -0.121. The number of para-hydroxylation sites is 1. The molecule has 0 spiro atoms. The number of benzene rings is 2. The molecule has 0 aliphatic heterocycles. The lowest BCUT2D eigenvalue weighted by Crippen LogP contribution is -2.41. The number of fused-ring (bicyclic) bond motifs is 1. The molecular formula is C22H18FN3O4S. The first kappa shape index (κ1) is 20.5. The lowest BCUT2D eigenvalue weighted by atomic mass is 10.2. The Morgan fingerprint density at radius 3 is 2.71 bits per heavy atom. The number of nitrogens with zero attached hydrogens (tertiary/aromatic N) is 2. The minimum Gasteiger partial charge on any atom is -0.497 e. The van der Waals surface area contributed by atoms with Crippen molar-refractivity contribution in [3.05, 3.63) is 92.2 Å². The van der Waals surface area contributed by atoms with Gasteiger partial charge in [-0.1, -0.05) is 24.3 Å². The van der Waals surface area contributed by atoms with E-state index in [4.69, 9.17) is 4.74 Å². The number of aromatic nitrogens is 2. The number of halogens is 1. The molecule has 4 rings (SSSR count). The maximum atomic E-state index is 14.3. The fourth-order valence-electron chi connectivity index (χ4n) is 3.27. The van der Waals surface area contributed by atoms with Gasteiger partial charge in [0.2, 0.25) is 5.91 Å². The third kappa shape index (κ3) is 3.99. The van der Waals surface area contributed by atoms with Gasteiger partial charge in [0.1, 0.15) is 22.8 Å². The summed E-state index contributed by atoms with van der Waals surface area (Å²) in [5, 5.41) is 4.41. The van der Waals surface area contributed by atoms with Gasteiger partial charge in [-0.05, 0) is 41.3 Å². The molecule has 31 heavy (non-hydrogen) atoms. The van der Waals surface area contributed by atoms with Crippen LogP contribution in [0.3, 0.4) is 0 Å². The number of carbonyl (C=O) groups is 1. The largest absolute Gasteiger partial charge is 0.497 e. The highest BCUT2D eigenvalue weighted by Gasteiger charge is 2.19. The SMILES string of the molecule is COc1cccc(CNC(=O)Cn2c(=O)n(-c3ccccc3F)c(=O)c3sccc32)c1. The smallest absolute Gasteiger partial charge is 0.336 e. The van der Waals surface area contributed by atoms with E-state index in [1.54, 1.807) is 30.7 Å². The standard InChI is InChI=1S/C22H18FN3O4S/c1-30-15-6-4-5-14(11-15)12-24-19(27)13-25-18-9-10-31-20(18)21(28)26(22(25)29)17-8-3-2-7-16(17)23/h2-11H,12-13H2,1H3,(H,24,27). The van der Waals surface area contributed by atoms with Gasteiger partial charge in [0.15, 0.2) is 0 Å². The summed E-state index contributed by atoms with van der Waals surface area (Å²) in [6, 6.07) is 14.4. The first-order valence-electron chi connectivity index (χ1n) is 9.37. The van der Waals surface area contributed by atoms with Crippen LogP contribution in [0, 0.1) is 5.82 Å². The van der Waals surface area contributed by atoms with E-state index >= 15 is 0 Å². The Balaban J connectivity index is 1.68. The van der Waals surface area contributed by atoms with Crippen LogP contribution >= 0.6 is 11.3 Å². The Morgan fingerprint density at radius 2 is 1.94 bits per heavy atom. The number of carbonyl (C=O) groups excluding carboxylic acids is 1. The van der Waals surface area contributed by atoms with E-state index in [-0.39, 0.29) is 23.5 Å². The van der Waals surface area contributed by atoms with Crippen LogP contribution in [-0.2, 0) is 17.9 Å². The number of hydrogen-bond acceptors (Lipinski definition) is 5. The van der Waals surface area contributed by atoms with Crippen LogP contribution in [0.2, 0.25) is 0 Å². The second kappa shape index (κ2) is 8.57. The summed E-state index contributed by atoms with van der Waals surface area (Å²) in [5.74, 6) is -0.456. The Hall–Kier alpha value is -3.72. The zero-order valence-electron chi connectivity index (χ0n) is 16.5. The Kier molecular flexibility index (Phi) is 5.68. The second-order valence-corrected chi connectivity index (χ2v) is 7.64. The summed E-state index contributed by atoms with van der Waals surface area (Å²) in [6.07, 6.45) is 0. The summed E-state index contributed by atoms with van der Waals surface area (Å²) in [5.41, 5.74) is -0.384. The van der Waals surface area contributed by atoms with E-state index in [0.717, 1.165) is 21.5 Å². The van der Waals surface area contributed by atoms with Crippen molar-refractivity contribution in [3.63, 3.8) is 0 Å². The third-order valence-corrected chi connectivity index (χ3v) is 5.67. The first-order chi connectivity index (χ1) is 15.0. The molecule has 0 bridgehead atoms. The maximum Gasteiger partial charge on any atom is 0.336 e. The van der Waals surface area contributed by atoms with Crippen molar-refractivity contribution in [1.29, 1.82) is 0 Å². The molecule has 0 saturated carbocycles. The monoisotopic (exact) mass is 439 g/mol. The Bertz CT molecular complexity index is 1390. The molecule has 0 fully saturated rings. The molecule has 0 saturated heterocycles. The zero-order valence-corrected chi connectivity index (χ0v) is 17.3. The predicted molar refractivity (Wildman–Crippen MR) is 116 cm³/mol. The van der Waals surface area contributed by atoms with E-state index in [1.165, 1.54) is 28.8 Å². The number of thiophene rings is 1. The Morgan fingerprint density at radius 1 is 1.13 bits per heavy atom. The quantitative estimate of drug-likeness (QED) is 0.501. The van der Waals surface area contributed by atoms with Crippen molar-refractivity contribution in [3.8, 4) is 11.4 Å². The van der Waals surface area contributed by atoms with Gasteiger partial charge in [0.25, 0.3) is 5.56 Å². The molecule has 0 aliphatic rings. The minimum absolute atomic E-state index is 0.154. The summed E-state index contributed by atoms with van der Waals surface area (Å²) in [7, 11) is 1.56. The molecule has 4 aromatic rings. The fraction of sp³-hybridized carbons (Fsp3) is 0.136. The number of hydrogen-bond donors (Lipinski definition) is 1. The molecule has 0 radical (unpaired) electrons. The summed E-state index contributed by atoms with van der Waals surface area (Å²) < 4.78 is 21.7. The molecule has 158 valence electrons. The number of ether oxygens (including phenoxy) is 1. The van der Waals surface area contributed by atoms with Crippen LogP contribution in [0.1, 0.15) is 5.56 Å². The number of amides is 1. The van der Waals surface area contributed by atoms with Crippen LogP contribution in [-0.4, -0.2) is 22.2 Å². The average molecular weight is 439 g/mol. The van der Waals surface area contributed by atoms with Crippen molar-refractivity contribution in [2.75, 3.05) is 7.11 Å². The summed E-state index contributed by atoms with van der Waals surface area (Å²) in [4.78, 5) is 38.6. The van der Waals surface area contributed by atoms with E-state index in [0.29, 0.717) is 11.3 Å². The molecule has 0 unspecified atom stereocenters. The van der Waals surface area contributed by atoms with Crippen LogP contribution in [0.5, 0.6) is 5.75 Å². The second-order valence-electron chi connectivity index (χ2n) is 6.72. The number of methoxy groups -OCH3 is 1. The summed E-state index contributed by atoms with van der Waals surface area (Å²) in [6.45, 7) is -0.0741. The highest BCUT2D eigenvalue weighted by Crippen LogP contribution is 2.17. The molecule has 1 amide bonds. The Labute approximate surface area is 180 Å². The van der Waals surface area contributed by atoms with E-state index in [2.05, 4.69) is 5.32 Å². The number of nitrogens with one attached hydrogen (secondary N) is 1. The van der Waals surface area contributed by atoms with Crippen molar-refractivity contribution < 1.29 is 13.9 Å². The van der Waals surface area contributed by atoms with Gasteiger partial charge in [-0.3, -0.25) is 14.2 Å². The van der Waals surface area contributed by atoms with Crippen LogP contribution in [0.15, 0.2) is 69.6 Å². The molecule has 0 aliphatic carbocycles. The van der Waals surface area contributed by atoms with Gasteiger partial charge >= 0.3 is 5.69 Å². The van der Waals surface area contributed by atoms with Gasteiger partial charge < -0.3 is 10.1 Å². The molecule has 2 aromatic heterocycles. The molecular weight excluding hydrogens is 421 g/mol. The zero-order chi connectivity index (χ0) is 22.0. The number of rotatable bonds is 6. The van der Waals surface area contributed by atoms with Gasteiger partial charge in [0, 0.05) is 6.54 Å². The molecule has 1 N–H and O–H groups in total. The first-order valence-corrected chi connectivity index (χ1v) is 10.2. The fourth-order valence-corrected chi connectivity index (χ4v) is 4.09. The maximum absolute atomic E-state index is 14.3. The molecule has 2 aromatic carbocycles. The van der Waals surface area contributed by atoms with Gasteiger partial charge in [-0.25, -0.2) is 13.8 Å². The van der Waals surface area contributed by atoms with Crippen molar-refractivity contribution >= 4 is 27.5 Å². The molecule has 9 heteroatoms. The predicted octanol–water partition coefficient (Wildman–Crippen LogP) is 2.68. The molecule has 2 heterocycles. The van der Waals surface area contributed by atoms with Crippen LogP contribution in [0.4, 0.5) is 4.39 Å². The van der Waals surface area contributed by atoms with Gasteiger partial charge in [-0.15, -0.1) is 11.3 Å². The van der Waals surface area contributed by atoms with Crippen LogP contribution in [0.25, 0.3) is 15.9 Å². The van der Waals surface area contributed by atoms with Gasteiger partial charge in [-0.2, -0.15) is 0 Å².